The first kappa shape index (κ1) is 31.7. The van der Waals surface area contributed by atoms with Crippen LogP contribution in [0.4, 0.5) is 8.78 Å². The highest BCUT2D eigenvalue weighted by Gasteiger charge is 2.40. The molecule has 0 aliphatic heterocycles. The van der Waals surface area contributed by atoms with E-state index in [1.54, 1.807) is 24.3 Å². The molecule has 44 heavy (non-hydrogen) atoms. The molecule has 8 heteroatoms. The summed E-state index contributed by atoms with van der Waals surface area (Å²) in [6, 6.07) is 37.6. The Hall–Kier alpha value is -3.74. The van der Waals surface area contributed by atoms with Gasteiger partial charge in [-0.1, -0.05) is 121 Å². The Morgan fingerprint density at radius 2 is 1.20 bits per heavy atom. The van der Waals surface area contributed by atoms with Crippen LogP contribution in [0.1, 0.15) is 55.2 Å². The monoisotopic (exact) mass is 672 g/mol. The molecule has 0 bridgehead atoms. The molecule has 0 N–H and O–H groups in total. The van der Waals surface area contributed by atoms with Gasteiger partial charge in [-0.2, -0.15) is 8.78 Å². The first-order chi connectivity index (χ1) is 21.1. The van der Waals surface area contributed by atoms with Crippen molar-refractivity contribution in [3.8, 4) is 0 Å². The van der Waals surface area contributed by atoms with Crippen molar-refractivity contribution < 1.29 is 27.9 Å². The standard InChI is InChI=1S/C36H30BrF2O4P/c37-34-32(22-26-15-7-2-8-16-26)30(24-31(27-17-9-3-10-18-27)35(40)28-19-11-4-12-20-28)29(21-25-13-5-1-6-14-25)23-33(34)36(38,39)44(41,42)43/h1-20,23,31H,21-22,24H2,(H2,41,42,43)/p-2. The van der Waals surface area contributed by atoms with E-state index in [0.717, 1.165) is 22.8 Å². The van der Waals surface area contributed by atoms with E-state index in [1.165, 1.54) is 0 Å². The van der Waals surface area contributed by atoms with E-state index in [0.29, 0.717) is 22.3 Å². The predicted octanol–water partition coefficient (Wildman–Crippen LogP) is 7.80. The summed E-state index contributed by atoms with van der Waals surface area (Å²) in [6.07, 6.45) is 0.488. The summed E-state index contributed by atoms with van der Waals surface area (Å²) in [4.78, 5) is 37.9. The Morgan fingerprint density at radius 3 is 1.73 bits per heavy atom. The van der Waals surface area contributed by atoms with Crippen molar-refractivity contribution in [3.05, 3.63) is 176 Å². The molecule has 5 aromatic rings. The number of hydrogen-bond donors (Lipinski definition) is 0. The highest BCUT2D eigenvalue weighted by atomic mass is 79.9. The van der Waals surface area contributed by atoms with Gasteiger partial charge in [0.25, 0.3) is 5.66 Å². The SMILES string of the molecule is O=C(c1ccccc1)C(Cc1c(Cc2ccccc2)cc(C(F)(F)P(=O)([O-])[O-])c(Br)c1Cc1ccccc1)c1ccccc1. The van der Waals surface area contributed by atoms with Crippen LogP contribution < -0.4 is 9.79 Å². The van der Waals surface area contributed by atoms with Crippen LogP contribution >= 0.6 is 23.5 Å². The largest absolute Gasteiger partial charge is 0.806 e. The Morgan fingerprint density at radius 1 is 0.727 bits per heavy atom. The second-order valence-corrected chi connectivity index (χ2v) is 13.0. The van der Waals surface area contributed by atoms with Crippen LogP contribution in [-0.2, 0) is 29.5 Å². The van der Waals surface area contributed by atoms with Crippen LogP contribution in [0.25, 0.3) is 0 Å². The smallest absolute Gasteiger partial charge is 0.297 e. The van der Waals surface area contributed by atoms with Crippen LogP contribution in [0.3, 0.4) is 0 Å². The minimum atomic E-state index is -6.39. The van der Waals surface area contributed by atoms with Crippen LogP contribution in [-0.4, -0.2) is 5.78 Å². The van der Waals surface area contributed by atoms with Crippen molar-refractivity contribution in [1.29, 1.82) is 0 Å². The van der Waals surface area contributed by atoms with Gasteiger partial charge >= 0.3 is 0 Å². The minimum absolute atomic E-state index is 0.137. The summed E-state index contributed by atoms with van der Waals surface area (Å²) < 4.78 is 42.5. The van der Waals surface area contributed by atoms with E-state index in [4.69, 9.17) is 0 Å². The molecule has 224 valence electrons. The number of benzene rings is 5. The van der Waals surface area contributed by atoms with Crippen molar-refractivity contribution in [2.24, 2.45) is 0 Å². The van der Waals surface area contributed by atoms with Crippen molar-refractivity contribution in [2.75, 3.05) is 0 Å². The Kier molecular flexibility index (Phi) is 9.72. The summed E-state index contributed by atoms with van der Waals surface area (Å²) in [7, 11) is -6.39. The van der Waals surface area contributed by atoms with E-state index in [9.17, 15) is 19.1 Å². The molecule has 5 aromatic carbocycles. The first-order valence-electron chi connectivity index (χ1n) is 14.0. The number of ketones is 1. The molecule has 0 aliphatic carbocycles. The summed E-state index contributed by atoms with van der Waals surface area (Å²) in [6.45, 7) is 0. The lowest BCUT2D eigenvalue weighted by atomic mass is 9.80. The van der Waals surface area contributed by atoms with Gasteiger partial charge in [0, 0.05) is 23.2 Å². The average molecular weight is 673 g/mol. The van der Waals surface area contributed by atoms with Crippen molar-refractivity contribution in [2.45, 2.75) is 30.8 Å². The first-order valence-corrected chi connectivity index (χ1v) is 16.4. The molecular weight excluding hydrogens is 645 g/mol. The number of hydrogen-bond acceptors (Lipinski definition) is 4. The number of alkyl halides is 2. The maximum Gasteiger partial charge on any atom is 0.297 e. The highest BCUT2D eigenvalue weighted by molar-refractivity contribution is 9.10. The van der Waals surface area contributed by atoms with Crippen LogP contribution in [0.2, 0.25) is 0 Å². The third-order valence-electron chi connectivity index (χ3n) is 7.69. The van der Waals surface area contributed by atoms with Crippen molar-refractivity contribution in [3.63, 3.8) is 0 Å². The number of rotatable bonds is 11. The lowest BCUT2D eigenvalue weighted by Gasteiger charge is -2.39. The van der Waals surface area contributed by atoms with E-state index >= 15 is 8.78 Å². The average Bonchev–Trinajstić information content (AvgIpc) is 3.03. The molecule has 0 radical (unpaired) electrons. The third kappa shape index (κ3) is 6.98. The molecular formula is C36H28BrF2O4P-2. The van der Waals surface area contributed by atoms with Gasteiger partial charge < -0.3 is 14.4 Å². The molecule has 0 spiro atoms. The molecule has 0 saturated carbocycles. The fourth-order valence-corrected chi connectivity index (χ4v) is 6.81. The highest BCUT2D eigenvalue weighted by Crippen LogP contribution is 2.56. The topological polar surface area (TPSA) is 80.3 Å². The number of carbonyl (C=O) groups is 1. The molecule has 5 rings (SSSR count). The van der Waals surface area contributed by atoms with Crippen molar-refractivity contribution >= 4 is 29.3 Å². The summed E-state index contributed by atoms with van der Waals surface area (Å²) in [5.74, 6) is -0.812. The van der Waals surface area contributed by atoms with Crippen molar-refractivity contribution in [1.82, 2.24) is 0 Å². The van der Waals surface area contributed by atoms with E-state index in [-0.39, 0.29) is 29.5 Å². The zero-order valence-electron chi connectivity index (χ0n) is 23.5. The Balaban J connectivity index is 1.77. The van der Waals surface area contributed by atoms with Gasteiger partial charge in [0.2, 0.25) is 0 Å². The molecule has 0 aliphatic rings. The molecule has 1 unspecified atom stereocenters. The van der Waals surface area contributed by atoms with Gasteiger partial charge in [-0.05, 0) is 74.6 Å². The van der Waals surface area contributed by atoms with Crippen LogP contribution in [0.15, 0.2) is 132 Å². The minimum Gasteiger partial charge on any atom is -0.806 e. The normalized spacial score (nSPS) is 12.6. The maximum absolute atomic E-state index is 15.4. The Bertz CT molecular complexity index is 1780. The molecule has 0 amide bonds. The van der Waals surface area contributed by atoms with Crippen LogP contribution in [0.5, 0.6) is 0 Å². The summed E-state index contributed by atoms with van der Waals surface area (Å²) in [5, 5.41) is 0. The zero-order chi connectivity index (χ0) is 31.3. The number of halogens is 3. The lowest BCUT2D eigenvalue weighted by molar-refractivity contribution is -0.335. The van der Waals surface area contributed by atoms with Gasteiger partial charge in [-0.3, -0.25) is 4.79 Å². The molecule has 0 heterocycles. The lowest BCUT2D eigenvalue weighted by Crippen LogP contribution is -2.30. The number of Topliss-reactive ketones (excluding diaryl/α,β-unsaturated/α-hetero) is 1. The second-order valence-electron chi connectivity index (χ2n) is 10.6. The van der Waals surface area contributed by atoms with Gasteiger partial charge in [-0.25, -0.2) is 0 Å². The third-order valence-corrected chi connectivity index (χ3v) is 9.52. The molecule has 0 fully saturated rings. The van der Waals surface area contributed by atoms with E-state index < -0.39 is 24.7 Å². The second kappa shape index (κ2) is 13.5. The van der Waals surface area contributed by atoms with Gasteiger partial charge in [0.1, 0.15) is 0 Å². The summed E-state index contributed by atoms with van der Waals surface area (Å²) >= 11 is 3.30. The van der Waals surface area contributed by atoms with Crippen LogP contribution in [0, 0.1) is 0 Å². The molecule has 4 nitrogen and oxygen atoms in total. The van der Waals surface area contributed by atoms with Gasteiger partial charge in [0.05, 0.1) is 5.92 Å². The zero-order valence-corrected chi connectivity index (χ0v) is 26.0. The van der Waals surface area contributed by atoms with Gasteiger partial charge in [0.15, 0.2) is 5.78 Å². The molecule has 0 saturated heterocycles. The maximum atomic E-state index is 15.4. The van der Waals surface area contributed by atoms with Gasteiger partial charge in [-0.15, -0.1) is 0 Å². The molecule has 0 aromatic heterocycles. The Labute approximate surface area is 263 Å². The molecule has 1 atom stereocenters. The fourth-order valence-electron chi connectivity index (χ4n) is 5.45. The fraction of sp³-hybridized carbons (Fsp3) is 0.139. The quantitative estimate of drug-likeness (QED) is 0.106. The number of carbonyl (C=O) groups excluding carboxylic acids is 1. The predicted molar refractivity (Wildman–Crippen MR) is 168 cm³/mol. The van der Waals surface area contributed by atoms with E-state index in [2.05, 4.69) is 15.9 Å². The summed E-state index contributed by atoms with van der Waals surface area (Å²) in [5.41, 5.74) is -1.27. The van der Waals surface area contributed by atoms with E-state index in [1.807, 2.05) is 97.1 Å².